The minimum Gasteiger partial charge on any atom is -0.494 e. The van der Waals surface area contributed by atoms with E-state index < -0.39 is 0 Å². The largest absolute Gasteiger partial charge is 0.494 e. The first-order valence-corrected chi connectivity index (χ1v) is 12.6. The molecule has 0 aliphatic carbocycles. The third-order valence-corrected chi connectivity index (χ3v) is 5.58. The SMILES string of the molecule is CCCC.CN.CN(C)CCCOc1ccc(N2COc3cc(-c4ccccc4)ccc3C2=O)cc1. The summed E-state index contributed by atoms with van der Waals surface area (Å²) in [6, 6.07) is 23.4. The molecule has 1 aliphatic rings. The summed E-state index contributed by atoms with van der Waals surface area (Å²) >= 11 is 0. The number of hydrogen-bond donors (Lipinski definition) is 1. The normalized spacial score (nSPS) is 12.0. The average molecular weight is 492 g/mol. The van der Waals surface area contributed by atoms with Crippen molar-refractivity contribution < 1.29 is 14.3 Å². The molecular formula is C30H41N3O3. The number of carbonyl (C=O) groups excluding carboxylic acids is 1. The highest BCUT2D eigenvalue weighted by Gasteiger charge is 2.27. The van der Waals surface area contributed by atoms with E-state index in [9.17, 15) is 4.79 Å². The predicted octanol–water partition coefficient (Wildman–Crippen LogP) is 6.06. The molecule has 194 valence electrons. The van der Waals surface area contributed by atoms with E-state index in [0.717, 1.165) is 35.5 Å². The number of ether oxygens (including phenoxy) is 2. The number of unbranched alkanes of at least 4 members (excludes halogenated alkanes) is 1. The monoisotopic (exact) mass is 491 g/mol. The fourth-order valence-electron chi connectivity index (χ4n) is 3.45. The number of hydrogen-bond acceptors (Lipinski definition) is 5. The molecule has 4 rings (SSSR count). The van der Waals surface area contributed by atoms with Gasteiger partial charge in [0.2, 0.25) is 0 Å². The van der Waals surface area contributed by atoms with Gasteiger partial charge in [0, 0.05) is 12.2 Å². The molecule has 0 spiro atoms. The third-order valence-electron chi connectivity index (χ3n) is 5.58. The second-order valence-corrected chi connectivity index (χ2v) is 8.58. The Hall–Kier alpha value is -3.35. The van der Waals surface area contributed by atoms with Crippen molar-refractivity contribution in [2.24, 2.45) is 5.73 Å². The maximum absolute atomic E-state index is 13.0. The number of nitrogens with zero attached hydrogens (tertiary/aromatic N) is 2. The van der Waals surface area contributed by atoms with Crippen molar-refractivity contribution in [3.8, 4) is 22.6 Å². The fraction of sp³-hybridized carbons (Fsp3) is 0.367. The van der Waals surface area contributed by atoms with Crippen LogP contribution >= 0.6 is 0 Å². The van der Waals surface area contributed by atoms with Gasteiger partial charge in [0.05, 0.1) is 12.2 Å². The lowest BCUT2D eigenvalue weighted by molar-refractivity contribution is 0.0937. The van der Waals surface area contributed by atoms with Gasteiger partial charge < -0.3 is 20.1 Å². The van der Waals surface area contributed by atoms with E-state index in [-0.39, 0.29) is 12.6 Å². The van der Waals surface area contributed by atoms with Crippen LogP contribution < -0.4 is 20.1 Å². The van der Waals surface area contributed by atoms with Crippen molar-refractivity contribution in [3.05, 3.63) is 78.4 Å². The van der Waals surface area contributed by atoms with Crippen molar-refractivity contribution in [2.75, 3.05) is 45.9 Å². The van der Waals surface area contributed by atoms with Crippen LogP contribution in [0.1, 0.15) is 43.5 Å². The molecule has 3 aromatic rings. The van der Waals surface area contributed by atoms with Gasteiger partial charge in [-0.25, -0.2) is 0 Å². The molecule has 3 aromatic carbocycles. The van der Waals surface area contributed by atoms with E-state index in [1.54, 1.807) is 4.90 Å². The van der Waals surface area contributed by atoms with E-state index in [1.165, 1.54) is 19.9 Å². The molecule has 6 heteroatoms. The minimum absolute atomic E-state index is 0.0597. The first-order chi connectivity index (χ1) is 17.5. The first kappa shape index (κ1) is 28.9. The number of amides is 1. The number of fused-ring (bicyclic) bond motifs is 1. The summed E-state index contributed by atoms with van der Waals surface area (Å²) < 4.78 is 11.7. The summed E-state index contributed by atoms with van der Waals surface area (Å²) in [6.07, 6.45) is 3.61. The minimum atomic E-state index is -0.0597. The Bertz CT molecular complexity index is 1040. The second kappa shape index (κ2) is 15.6. The maximum Gasteiger partial charge on any atom is 0.264 e. The fourth-order valence-corrected chi connectivity index (χ4v) is 3.45. The van der Waals surface area contributed by atoms with Crippen LogP contribution in [0.3, 0.4) is 0 Å². The lowest BCUT2D eigenvalue weighted by atomic mass is 10.0. The molecule has 2 N–H and O–H groups in total. The van der Waals surface area contributed by atoms with Crippen LogP contribution in [0.5, 0.6) is 11.5 Å². The Kier molecular flexibility index (Phi) is 12.5. The van der Waals surface area contributed by atoms with Crippen LogP contribution in [-0.2, 0) is 0 Å². The highest BCUT2D eigenvalue weighted by molar-refractivity contribution is 6.09. The molecule has 1 amide bonds. The molecule has 6 nitrogen and oxygen atoms in total. The van der Waals surface area contributed by atoms with Crippen LogP contribution in [0, 0.1) is 0 Å². The standard InChI is InChI=1S/C25H26N2O3.C4H10.CH5N/c1-26(2)15-6-16-29-22-12-10-21(11-13-22)27-18-30-24-17-20(9-14-23(24)25(27)28)19-7-4-3-5-8-19;1-3-4-2;1-2/h3-5,7-14,17H,6,15-16,18H2,1-2H3;3-4H2,1-2H3;2H2,1H3. The quantitative estimate of drug-likeness (QED) is 0.388. The molecule has 1 aliphatic heterocycles. The number of anilines is 1. The molecular weight excluding hydrogens is 450 g/mol. The highest BCUT2D eigenvalue weighted by Crippen LogP contribution is 2.33. The van der Waals surface area contributed by atoms with E-state index in [4.69, 9.17) is 9.47 Å². The molecule has 0 saturated carbocycles. The Labute approximate surface area is 216 Å². The Balaban J connectivity index is 0.000000694. The van der Waals surface area contributed by atoms with Gasteiger partial charge in [-0.3, -0.25) is 9.69 Å². The number of benzene rings is 3. The molecule has 0 unspecified atom stereocenters. The van der Waals surface area contributed by atoms with Gasteiger partial charge in [-0.2, -0.15) is 0 Å². The van der Waals surface area contributed by atoms with Gasteiger partial charge in [0.15, 0.2) is 6.73 Å². The van der Waals surface area contributed by atoms with Crippen LogP contribution in [0.4, 0.5) is 5.69 Å². The van der Waals surface area contributed by atoms with Gasteiger partial charge in [-0.05, 0) is 75.1 Å². The van der Waals surface area contributed by atoms with Crippen molar-refractivity contribution in [1.29, 1.82) is 0 Å². The third kappa shape index (κ3) is 8.40. The molecule has 0 bridgehead atoms. The van der Waals surface area contributed by atoms with E-state index in [0.29, 0.717) is 17.9 Å². The zero-order chi connectivity index (χ0) is 26.3. The summed E-state index contributed by atoms with van der Waals surface area (Å²) in [5.74, 6) is 1.37. The maximum atomic E-state index is 13.0. The number of carbonyl (C=O) groups is 1. The smallest absolute Gasteiger partial charge is 0.264 e. The van der Waals surface area contributed by atoms with Crippen molar-refractivity contribution in [2.45, 2.75) is 33.1 Å². The number of rotatable bonds is 8. The Morgan fingerprint density at radius 3 is 2.19 bits per heavy atom. The molecule has 1 heterocycles. The van der Waals surface area contributed by atoms with Gasteiger partial charge in [-0.1, -0.05) is 63.1 Å². The summed E-state index contributed by atoms with van der Waals surface area (Å²) in [5.41, 5.74) is 8.00. The van der Waals surface area contributed by atoms with Gasteiger partial charge in [0.25, 0.3) is 5.91 Å². The second-order valence-electron chi connectivity index (χ2n) is 8.58. The summed E-state index contributed by atoms with van der Waals surface area (Å²) in [6.45, 7) is 6.20. The van der Waals surface area contributed by atoms with Crippen LogP contribution in [0.2, 0.25) is 0 Å². The van der Waals surface area contributed by atoms with Crippen molar-refractivity contribution >= 4 is 11.6 Å². The van der Waals surface area contributed by atoms with Crippen molar-refractivity contribution in [3.63, 3.8) is 0 Å². The van der Waals surface area contributed by atoms with Gasteiger partial charge >= 0.3 is 0 Å². The lowest BCUT2D eigenvalue weighted by Crippen LogP contribution is -2.38. The Morgan fingerprint density at radius 1 is 0.917 bits per heavy atom. The summed E-state index contributed by atoms with van der Waals surface area (Å²) in [7, 11) is 5.60. The molecule has 0 aromatic heterocycles. The average Bonchev–Trinajstić information content (AvgIpc) is 2.93. The lowest BCUT2D eigenvalue weighted by Gasteiger charge is -2.29. The molecule has 36 heavy (non-hydrogen) atoms. The van der Waals surface area contributed by atoms with E-state index in [1.807, 2.05) is 86.9 Å². The topological polar surface area (TPSA) is 68.0 Å². The molecule has 0 atom stereocenters. The highest BCUT2D eigenvalue weighted by atomic mass is 16.5. The van der Waals surface area contributed by atoms with E-state index in [2.05, 4.69) is 24.5 Å². The molecule has 0 fully saturated rings. The van der Waals surface area contributed by atoms with E-state index >= 15 is 0 Å². The van der Waals surface area contributed by atoms with Gasteiger partial charge in [-0.15, -0.1) is 0 Å². The molecule has 0 radical (unpaired) electrons. The zero-order valence-electron chi connectivity index (χ0n) is 22.4. The summed E-state index contributed by atoms with van der Waals surface area (Å²) in [5, 5.41) is 0. The number of nitrogens with two attached hydrogens (primary N) is 1. The van der Waals surface area contributed by atoms with Crippen LogP contribution in [0.15, 0.2) is 72.8 Å². The van der Waals surface area contributed by atoms with Crippen LogP contribution in [-0.4, -0.2) is 51.8 Å². The predicted molar refractivity (Wildman–Crippen MR) is 150 cm³/mol. The first-order valence-electron chi connectivity index (χ1n) is 12.6. The summed E-state index contributed by atoms with van der Waals surface area (Å²) in [4.78, 5) is 16.8. The van der Waals surface area contributed by atoms with Crippen molar-refractivity contribution in [1.82, 2.24) is 4.90 Å². The van der Waals surface area contributed by atoms with Gasteiger partial charge in [0.1, 0.15) is 11.5 Å². The Morgan fingerprint density at radius 2 is 1.58 bits per heavy atom. The van der Waals surface area contributed by atoms with Crippen LogP contribution in [0.25, 0.3) is 11.1 Å². The zero-order valence-corrected chi connectivity index (χ0v) is 22.4. The molecule has 0 saturated heterocycles.